The van der Waals surface area contributed by atoms with Gasteiger partial charge in [0.15, 0.2) is 10.0 Å². The lowest BCUT2D eigenvalue weighted by atomic mass is 10.1. The van der Waals surface area contributed by atoms with Gasteiger partial charge in [0.25, 0.3) is 5.56 Å². The van der Waals surface area contributed by atoms with Crippen molar-refractivity contribution in [1.82, 2.24) is 19.3 Å². The zero-order chi connectivity index (χ0) is 23.4. The molecule has 3 heterocycles. The van der Waals surface area contributed by atoms with Crippen LogP contribution in [0.2, 0.25) is 0 Å². The lowest BCUT2D eigenvalue weighted by molar-refractivity contribution is 0.458. The van der Waals surface area contributed by atoms with Crippen molar-refractivity contribution in [1.29, 1.82) is 0 Å². The number of nitrogens with zero attached hydrogens (tertiary/aromatic N) is 3. The van der Waals surface area contributed by atoms with E-state index < -0.39 is 26.2 Å². The maximum absolute atomic E-state index is 13.0. The highest BCUT2D eigenvalue weighted by Gasteiger charge is 2.28. The molecule has 11 heteroatoms. The highest BCUT2D eigenvalue weighted by atomic mass is 32.2. The molecule has 0 radical (unpaired) electrons. The summed E-state index contributed by atoms with van der Waals surface area (Å²) in [5.41, 5.74) is -0.506. The van der Waals surface area contributed by atoms with E-state index in [2.05, 4.69) is 26.5 Å². The maximum atomic E-state index is 13.0. The Bertz CT molecular complexity index is 1290. The van der Waals surface area contributed by atoms with E-state index in [0.717, 1.165) is 41.0 Å². The molecule has 1 fully saturated rings. The molecular formula is C22H29N5O4S2. The first-order chi connectivity index (χ1) is 15.9. The fraction of sp³-hybridized carbons (Fsp3) is 0.500. The van der Waals surface area contributed by atoms with E-state index in [0.29, 0.717) is 32.5 Å². The SMILES string of the molecule is CCCCCCn1cc(S(=O)(=O)NC2CCN(c3nc4ccccc4s3)CC2)c(=O)[nH]c1=O. The summed E-state index contributed by atoms with van der Waals surface area (Å²) in [7, 11) is -4.05. The van der Waals surface area contributed by atoms with E-state index in [1.54, 1.807) is 11.3 Å². The highest BCUT2D eigenvalue weighted by molar-refractivity contribution is 7.89. The molecule has 0 bridgehead atoms. The lowest BCUT2D eigenvalue weighted by Crippen LogP contribution is -2.46. The van der Waals surface area contributed by atoms with Gasteiger partial charge in [-0.2, -0.15) is 0 Å². The molecule has 3 aromatic rings. The van der Waals surface area contributed by atoms with Crippen molar-refractivity contribution in [2.24, 2.45) is 0 Å². The summed E-state index contributed by atoms with van der Waals surface area (Å²) in [5, 5.41) is 0.934. The van der Waals surface area contributed by atoms with Crippen LogP contribution in [-0.2, 0) is 16.6 Å². The van der Waals surface area contributed by atoms with E-state index in [1.165, 1.54) is 10.8 Å². The molecule has 1 saturated heterocycles. The van der Waals surface area contributed by atoms with Gasteiger partial charge in [-0.15, -0.1) is 0 Å². The Kier molecular flexibility index (Phi) is 7.30. The van der Waals surface area contributed by atoms with E-state index >= 15 is 0 Å². The van der Waals surface area contributed by atoms with Crippen molar-refractivity contribution >= 4 is 36.7 Å². The molecule has 2 aromatic heterocycles. The van der Waals surface area contributed by atoms with Gasteiger partial charge in [0.1, 0.15) is 0 Å². The zero-order valence-electron chi connectivity index (χ0n) is 18.6. The number of anilines is 1. The Morgan fingerprint density at radius 1 is 1.15 bits per heavy atom. The number of benzene rings is 1. The Morgan fingerprint density at radius 2 is 1.91 bits per heavy atom. The molecule has 1 aliphatic rings. The standard InChI is InChI=1S/C22H29N5O4S2/c1-2-3-4-7-12-27-15-19(20(28)24-21(27)29)33(30,31)25-16-10-13-26(14-11-16)22-23-17-8-5-6-9-18(17)32-22/h5-6,8-9,15-16,25H,2-4,7,10-14H2,1H3,(H,24,28,29). The fourth-order valence-electron chi connectivity index (χ4n) is 4.02. The average molecular weight is 492 g/mol. The second kappa shape index (κ2) is 10.2. The number of hydrogen-bond acceptors (Lipinski definition) is 7. The van der Waals surface area contributed by atoms with Gasteiger partial charge in [-0.05, 0) is 31.4 Å². The summed E-state index contributed by atoms with van der Waals surface area (Å²) in [5.74, 6) is 0. The molecule has 33 heavy (non-hydrogen) atoms. The Labute approximate surface area is 196 Å². The number of nitrogens with one attached hydrogen (secondary N) is 2. The molecule has 4 rings (SSSR count). The highest BCUT2D eigenvalue weighted by Crippen LogP contribution is 2.30. The summed E-state index contributed by atoms with van der Waals surface area (Å²) < 4.78 is 31.0. The molecule has 2 N–H and O–H groups in total. The van der Waals surface area contributed by atoms with Gasteiger partial charge in [-0.1, -0.05) is 49.7 Å². The topological polar surface area (TPSA) is 117 Å². The summed E-state index contributed by atoms with van der Waals surface area (Å²) >= 11 is 1.63. The monoisotopic (exact) mass is 491 g/mol. The van der Waals surface area contributed by atoms with Gasteiger partial charge in [0.05, 0.1) is 10.2 Å². The molecule has 0 unspecified atom stereocenters. The molecule has 0 spiro atoms. The van der Waals surface area contributed by atoms with E-state index in [-0.39, 0.29) is 6.04 Å². The molecule has 0 atom stereocenters. The van der Waals surface area contributed by atoms with Gasteiger partial charge in [-0.3, -0.25) is 14.3 Å². The molecule has 1 aliphatic heterocycles. The third kappa shape index (κ3) is 5.53. The van der Waals surface area contributed by atoms with Crippen LogP contribution in [0.4, 0.5) is 5.13 Å². The molecular weight excluding hydrogens is 462 g/mol. The number of aromatic amines is 1. The van der Waals surface area contributed by atoms with Crippen molar-refractivity contribution in [3.63, 3.8) is 0 Å². The normalized spacial score (nSPS) is 15.4. The maximum Gasteiger partial charge on any atom is 0.328 e. The largest absolute Gasteiger partial charge is 0.348 e. The minimum Gasteiger partial charge on any atom is -0.348 e. The third-order valence-corrected chi connectivity index (χ3v) is 8.50. The number of aromatic nitrogens is 3. The van der Waals surface area contributed by atoms with Crippen LogP contribution < -0.4 is 20.9 Å². The lowest BCUT2D eigenvalue weighted by Gasteiger charge is -2.31. The zero-order valence-corrected chi connectivity index (χ0v) is 20.3. The number of thiazole rings is 1. The number of rotatable bonds is 9. The van der Waals surface area contributed by atoms with Gasteiger partial charge in [-0.25, -0.2) is 22.9 Å². The second-order valence-electron chi connectivity index (χ2n) is 8.35. The molecule has 0 amide bonds. The number of unbranched alkanes of at least 4 members (excludes halogenated alkanes) is 3. The Hall–Kier alpha value is -2.50. The van der Waals surface area contributed by atoms with Crippen LogP contribution in [0.5, 0.6) is 0 Å². The predicted octanol–water partition coefficient (Wildman–Crippen LogP) is 2.67. The molecule has 0 aliphatic carbocycles. The van der Waals surface area contributed by atoms with Crippen LogP contribution in [0, 0.1) is 0 Å². The predicted molar refractivity (Wildman–Crippen MR) is 131 cm³/mol. The molecule has 1 aromatic carbocycles. The minimum absolute atomic E-state index is 0.287. The summed E-state index contributed by atoms with van der Waals surface area (Å²) in [6.45, 7) is 3.80. The van der Waals surface area contributed by atoms with Crippen LogP contribution in [0.3, 0.4) is 0 Å². The van der Waals surface area contributed by atoms with Crippen molar-refractivity contribution in [3.05, 3.63) is 51.3 Å². The third-order valence-electron chi connectivity index (χ3n) is 5.89. The number of sulfonamides is 1. The first kappa shape index (κ1) is 23.7. The van der Waals surface area contributed by atoms with Crippen LogP contribution in [0.1, 0.15) is 45.4 Å². The minimum atomic E-state index is -4.05. The Balaban J connectivity index is 1.41. The Morgan fingerprint density at radius 3 is 2.64 bits per heavy atom. The summed E-state index contributed by atoms with van der Waals surface area (Å²) in [6, 6.07) is 7.68. The van der Waals surface area contributed by atoms with Gasteiger partial charge < -0.3 is 4.90 Å². The molecule has 0 saturated carbocycles. The first-order valence-electron chi connectivity index (χ1n) is 11.3. The van der Waals surface area contributed by atoms with Crippen molar-refractivity contribution in [2.75, 3.05) is 18.0 Å². The van der Waals surface area contributed by atoms with Gasteiger partial charge >= 0.3 is 5.69 Å². The molecule has 178 valence electrons. The number of hydrogen-bond donors (Lipinski definition) is 2. The molecule has 9 nitrogen and oxygen atoms in total. The summed E-state index contributed by atoms with van der Waals surface area (Å²) in [4.78, 5) is 32.9. The van der Waals surface area contributed by atoms with E-state index in [4.69, 9.17) is 0 Å². The van der Waals surface area contributed by atoms with Crippen LogP contribution in [-0.4, -0.2) is 42.1 Å². The van der Waals surface area contributed by atoms with Crippen LogP contribution >= 0.6 is 11.3 Å². The fourth-order valence-corrected chi connectivity index (χ4v) is 6.40. The summed E-state index contributed by atoms with van der Waals surface area (Å²) in [6.07, 6.45) is 6.16. The van der Waals surface area contributed by atoms with Gasteiger partial charge in [0.2, 0.25) is 10.0 Å². The number of H-pyrrole nitrogens is 1. The van der Waals surface area contributed by atoms with Gasteiger partial charge in [0, 0.05) is 31.9 Å². The number of piperidine rings is 1. The average Bonchev–Trinajstić information content (AvgIpc) is 3.22. The quantitative estimate of drug-likeness (QED) is 0.445. The van der Waals surface area contributed by atoms with Crippen LogP contribution in [0.25, 0.3) is 10.2 Å². The van der Waals surface area contributed by atoms with Crippen molar-refractivity contribution in [3.8, 4) is 0 Å². The van der Waals surface area contributed by atoms with E-state index in [1.807, 2.05) is 24.3 Å². The number of fused-ring (bicyclic) bond motifs is 1. The van der Waals surface area contributed by atoms with E-state index in [9.17, 15) is 18.0 Å². The van der Waals surface area contributed by atoms with Crippen molar-refractivity contribution < 1.29 is 8.42 Å². The van der Waals surface area contributed by atoms with Crippen molar-refractivity contribution in [2.45, 2.75) is 62.9 Å². The van der Waals surface area contributed by atoms with Crippen LogP contribution in [0.15, 0.2) is 44.9 Å². The first-order valence-corrected chi connectivity index (χ1v) is 13.6. The second-order valence-corrected chi connectivity index (χ2v) is 11.0. The smallest absolute Gasteiger partial charge is 0.328 e. The number of para-hydroxylation sites is 1. The number of aryl methyl sites for hydroxylation is 1.